The van der Waals surface area contributed by atoms with Gasteiger partial charge in [0.25, 0.3) is 0 Å². The van der Waals surface area contributed by atoms with Crippen LogP contribution >= 0.6 is 0 Å². The number of aliphatic hydroxyl groups excluding tert-OH is 2. The molecular formula is C50H63N3O6. The van der Waals surface area contributed by atoms with E-state index in [0.29, 0.717) is 80.2 Å². The standard InChI is InChI=1S/C50H63N3O6/c1-59-48-28-37-16-20-46(57)42(45(56)10-7-24-50(22-5-6-23-50)39-26-38-14-18-41(55)30-44(38)53-32-39)19-15-34(43(37)31-47(48)58)13-17-40(54)27-35(36-21-25-52-49(51)29-36)12-11-33-8-3-2-4-9-33/h2-4,8-9,11-12,21,25,28-29,31,34-35,38-40,42,44-45,53-54,56,58H,5-7,10,13-14,16-18,20,22-24,26-27,30,32H2,1H3,(H2,51,52)/b12-11+/t34-,35+,38-,39+,40+,42-,44-,45-/m1/s1. The normalized spacial score (nSPS) is 25.7. The fourth-order valence-electron chi connectivity index (χ4n) is 10.8. The summed E-state index contributed by atoms with van der Waals surface area (Å²) < 4.78 is 5.46. The Morgan fingerprint density at radius 3 is 2.63 bits per heavy atom. The number of allylic oxidation sites excluding steroid dienone is 1. The lowest BCUT2D eigenvalue weighted by molar-refractivity contribution is -0.124. The van der Waals surface area contributed by atoms with E-state index in [1.54, 1.807) is 18.3 Å². The second-order valence-electron chi connectivity index (χ2n) is 17.9. The summed E-state index contributed by atoms with van der Waals surface area (Å²) in [5.74, 6) is 7.56. The van der Waals surface area contributed by atoms with E-state index >= 15 is 0 Å². The molecule has 6 N–H and O–H groups in total. The molecule has 3 aromatic rings. The van der Waals surface area contributed by atoms with E-state index in [1.165, 1.54) is 39.2 Å². The van der Waals surface area contributed by atoms with Gasteiger partial charge in [-0.15, -0.1) is 0 Å². The zero-order valence-electron chi connectivity index (χ0n) is 34.7. The van der Waals surface area contributed by atoms with Crippen LogP contribution < -0.4 is 15.8 Å². The van der Waals surface area contributed by atoms with Gasteiger partial charge in [0.15, 0.2) is 17.3 Å². The molecule has 314 valence electrons. The van der Waals surface area contributed by atoms with Crippen LogP contribution in [-0.2, 0) is 16.0 Å². The van der Waals surface area contributed by atoms with Crippen molar-refractivity contribution in [1.82, 2.24) is 10.3 Å². The van der Waals surface area contributed by atoms with Crippen LogP contribution in [0.2, 0.25) is 0 Å². The number of fused-ring (bicyclic) bond motifs is 2. The highest BCUT2D eigenvalue weighted by molar-refractivity contribution is 5.85. The SMILES string of the molecule is COc1cc2c(cc1O)[C@H](CC[C@H](O)C[C@H](/C=C/c1ccccc1)c1ccnc(N)c1)C#C[C@H]([C@H](O)CCCC1([C@@H]3CN[C@@H]4CC(=O)CC[C@@H]4C3)CCCC1)C(=O)CC2. The molecule has 3 aliphatic carbocycles. The molecule has 7 rings (SSSR count). The first-order valence-electron chi connectivity index (χ1n) is 22.1. The monoisotopic (exact) mass is 801 g/mol. The van der Waals surface area contributed by atoms with E-state index in [-0.39, 0.29) is 35.2 Å². The van der Waals surface area contributed by atoms with E-state index in [9.17, 15) is 24.9 Å². The molecule has 1 aromatic heterocycles. The van der Waals surface area contributed by atoms with E-state index in [4.69, 9.17) is 10.5 Å². The van der Waals surface area contributed by atoms with Gasteiger partial charge in [-0.3, -0.25) is 9.59 Å². The van der Waals surface area contributed by atoms with Crippen molar-refractivity contribution in [3.63, 3.8) is 0 Å². The number of aryl methyl sites for hydroxylation is 1. The third-order valence-electron chi connectivity index (χ3n) is 14.1. The number of aliphatic hydroxyl groups is 2. The van der Waals surface area contributed by atoms with Crippen molar-refractivity contribution in [3.05, 3.63) is 89.1 Å². The highest BCUT2D eigenvalue weighted by Gasteiger charge is 2.45. The number of pyridine rings is 1. The second kappa shape index (κ2) is 19.7. The topological polar surface area (TPSA) is 155 Å². The van der Waals surface area contributed by atoms with Crippen LogP contribution in [0, 0.1) is 35.0 Å². The minimum atomic E-state index is -0.882. The summed E-state index contributed by atoms with van der Waals surface area (Å²) in [5.41, 5.74) is 10.0. The van der Waals surface area contributed by atoms with Gasteiger partial charge in [-0.05, 0) is 135 Å². The van der Waals surface area contributed by atoms with Gasteiger partial charge in [-0.25, -0.2) is 4.98 Å². The molecule has 2 heterocycles. The number of carbonyl (C=O) groups is 2. The number of anilines is 1. The molecule has 1 saturated heterocycles. The van der Waals surface area contributed by atoms with Crippen LogP contribution in [0.25, 0.3) is 6.08 Å². The first-order valence-corrected chi connectivity index (χ1v) is 22.1. The van der Waals surface area contributed by atoms with Crippen LogP contribution in [0.3, 0.4) is 0 Å². The van der Waals surface area contributed by atoms with Gasteiger partial charge < -0.3 is 31.1 Å². The molecule has 0 spiro atoms. The molecule has 9 nitrogen and oxygen atoms in total. The summed E-state index contributed by atoms with van der Waals surface area (Å²) in [5, 5.41) is 38.0. The second-order valence-corrected chi connectivity index (χ2v) is 17.9. The molecule has 0 amide bonds. The van der Waals surface area contributed by atoms with Gasteiger partial charge in [0.05, 0.1) is 19.3 Å². The molecule has 0 radical (unpaired) electrons. The van der Waals surface area contributed by atoms with Crippen LogP contribution in [-0.4, -0.2) is 63.8 Å². The van der Waals surface area contributed by atoms with Gasteiger partial charge in [-0.1, -0.05) is 73.6 Å². The first-order chi connectivity index (χ1) is 28.6. The van der Waals surface area contributed by atoms with Crippen LogP contribution in [0.4, 0.5) is 5.82 Å². The van der Waals surface area contributed by atoms with E-state index < -0.39 is 18.1 Å². The third-order valence-corrected chi connectivity index (χ3v) is 14.1. The number of aromatic hydroxyl groups is 1. The summed E-state index contributed by atoms with van der Waals surface area (Å²) in [6.45, 7) is 0.962. The van der Waals surface area contributed by atoms with Crippen molar-refractivity contribution in [2.75, 3.05) is 19.4 Å². The van der Waals surface area contributed by atoms with Gasteiger partial charge in [0.1, 0.15) is 17.5 Å². The number of ether oxygens (including phenoxy) is 1. The van der Waals surface area contributed by atoms with Gasteiger partial charge in [0, 0.05) is 43.3 Å². The number of methoxy groups -OCH3 is 1. The Morgan fingerprint density at radius 2 is 1.85 bits per heavy atom. The highest BCUT2D eigenvalue weighted by Crippen LogP contribution is 2.52. The lowest BCUT2D eigenvalue weighted by Gasteiger charge is -2.47. The quantitative estimate of drug-likeness (QED) is 0.0961. The van der Waals surface area contributed by atoms with Crippen molar-refractivity contribution >= 4 is 23.5 Å². The summed E-state index contributed by atoms with van der Waals surface area (Å²) in [7, 11) is 1.51. The average Bonchev–Trinajstić information content (AvgIpc) is 3.74. The predicted octanol–water partition coefficient (Wildman–Crippen LogP) is 8.06. The first kappa shape index (κ1) is 42.6. The van der Waals surface area contributed by atoms with Crippen molar-refractivity contribution < 1.29 is 29.6 Å². The number of carbonyl (C=O) groups excluding carboxylic acids is 2. The van der Waals surface area contributed by atoms with Crippen molar-refractivity contribution in [2.45, 2.75) is 133 Å². The number of nitrogen functional groups attached to an aromatic ring is 1. The molecule has 3 fully saturated rings. The highest BCUT2D eigenvalue weighted by atomic mass is 16.5. The molecule has 4 aliphatic rings. The number of rotatable bonds is 15. The number of piperidine rings is 1. The summed E-state index contributed by atoms with van der Waals surface area (Å²) in [6.07, 6.45) is 17.1. The van der Waals surface area contributed by atoms with E-state index in [2.05, 4.69) is 34.3 Å². The maximum atomic E-state index is 13.9. The molecule has 1 aliphatic heterocycles. The largest absolute Gasteiger partial charge is 0.504 e. The van der Waals surface area contributed by atoms with Gasteiger partial charge in [-0.2, -0.15) is 0 Å². The molecule has 59 heavy (non-hydrogen) atoms. The Morgan fingerprint density at radius 1 is 1.03 bits per heavy atom. The number of nitrogens with one attached hydrogen (secondary N) is 1. The van der Waals surface area contributed by atoms with Crippen LogP contribution in [0.5, 0.6) is 11.5 Å². The number of hydrogen-bond donors (Lipinski definition) is 5. The van der Waals surface area contributed by atoms with Crippen LogP contribution in [0.1, 0.15) is 130 Å². The molecule has 2 saturated carbocycles. The third kappa shape index (κ3) is 10.6. The Hall–Kier alpha value is -4.49. The van der Waals surface area contributed by atoms with Crippen molar-refractivity contribution in [3.8, 4) is 23.3 Å². The molecule has 9 heteroatoms. The lowest BCUT2D eigenvalue weighted by Crippen LogP contribution is -2.52. The number of hydrogen-bond acceptors (Lipinski definition) is 9. The molecule has 0 bridgehead atoms. The van der Waals surface area contributed by atoms with Crippen LogP contribution in [0.15, 0.2) is 66.9 Å². The number of phenols is 1. The molecule has 2 aromatic carbocycles. The Labute approximate surface area is 350 Å². The number of nitrogens with zero attached hydrogens (tertiary/aromatic N) is 1. The zero-order chi connectivity index (χ0) is 41.4. The number of phenolic OH excluding ortho intramolecular Hbond substituents is 1. The maximum Gasteiger partial charge on any atom is 0.160 e. The number of Topliss-reactive ketones (excluding diaryl/α,β-unsaturated/α-hetero) is 2. The number of ketones is 2. The molecule has 8 atom stereocenters. The number of benzene rings is 2. The minimum Gasteiger partial charge on any atom is -0.504 e. The zero-order valence-corrected chi connectivity index (χ0v) is 34.7. The number of nitrogens with two attached hydrogens (primary N) is 1. The smallest absolute Gasteiger partial charge is 0.160 e. The van der Waals surface area contributed by atoms with Gasteiger partial charge >= 0.3 is 0 Å². The summed E-state index contributed by atoms with van der Waals surface area (Å²) in [6, 6.07) is 17.6. The molecular weight excluding hydrogens is 739 g/mol. The van der Waals surface area contributed by atoms with Crippen molar-refractivity contribution in [2.24, 2.45) is 23.2 Å². The fourth-order valence-corrected chi connectivity index (χ4v) is 10.8. The molecule has 0 unspecified atom stereocenters. The average molecular weight is 802 g/mol. The number of aromatic nitrogens is 1. The van der Waals surface area contributed by atoms with Crippen molar-refractivity contribution in [1.29, 1.82) is 0 Å². The van der Waals surface area contributed by atoms with E-state index in [1.807, 2.05) is 42.5 Å². The fraction of sp³-hybridized carbons (Fsp3) is 0.540. The Bertz CT molecular complexity index is 2000. The Balaban J connectivity index is 1.05. The predicted molar refractivity (Wildman–Crippen MR) is 232 cm³/mol. The lowest BCUT2D eigenvalue weighted by atomic mass is 9.63. The Kier molecular flexibility index (Phi) is 14.2. The van der Waals surface area contributed by atoms with Gasteiger partial charge in [0.2, 0.25) is 0 Å². The summed E-state index contributed by atoms with van der Waals surface area (Å²) >= 11 is 0. The maximum absolute atomic E-state index is 13.9. The van der Waals surface area contributed by atoms with E-state index in [0.717, 1.165) is 48.1 Å². The minimum absolute atomic E-state index is 0.00338. The summed E-state index contributed by atoms with van der Waals surface area (Å²) in [4.78, 5) is 30.2.